The van der Waals surface area contributed by atoms with Crippen LogP contribution in [0.5, 0.6) is 0 Å². The van der Waals surface area contributed by atoms with Gasteiger partial charge in [0.1, 0.15) is 0 Å². The summed E-state index contributed by atoms with van der Waals surface area (Å²) in [5.74, 6) is 1.01. The molecule has 114 valence electrons. The highest BCUT2D eigenvalue weighted by Gasteiger charge is 2.30. The van der Waals surface area contributed by atoms with E-state index in [4.69, 9.17) is 0 Å². The van der Waals surface area contributed by atoms with Gasteiger partial charge in [0.2, 0.25) is 0 Å². The Morgan fingerprint density at radius 3 is 2.26 bits per heavy atom. The van der Waals surface area contributed by atoms with E-state index in [0.29, 0.717) is 6.04 Å². The summed E-state index contributed by atoms with van der Waals surface area (Å²) in [5.41, 5.74) is 0. The molecule has 0 aromatic carbocycles. The van der Waals surface area contributed by atoms with Crippen molar-refractivity contribution in [2.45, 2.75) is 84.7 Å². The first-order chi connectivity index (χ1) is 9.26. The first kappa shape index (κ1) is 17.0. The largest absolute Gasteiger partial charge is 0.312 e. The van der Waals surface area contributed by atoms with E-state index in [1.165, 1.54) is 64.6 Å². The molecule has 1 fully saturated rings. The van der Waals surface area contributed by atoms with Crippen LogP contribution < -0.4 is 5.32 Å². The van der Waals surface area contributed by atoms with E-state index < -0.39 is 0 Å². The summed E-state index contributed by atoms with van der Waals surface area (Å²) in [6.07, 6.45) is 9.37. The van der Waals surface area contributed by atoms with Crippen LogP contribution in [0.25, 0.3) is 0 Å². The third-order valence-electron chi connectivity index (χ3n) is 4.31. The second-order valence-electron chi connectivity index (χ2n) is 6.26. The van der Waals surface area contributed by atoms with Gasteiger partial charge in [0.15, 0.2) is 0 Å². The Morgan fingerprint density at radius 2 is 1.79 bits per heavy atom. The van der Waals surface area contributed by atoms with Gasteiger partial charge in [-0.1, -0.05) is 34.1 Å². The van der Waals surface area contributed by atoms with Crippen molar-refractivity contribution in [2.75, 3.05) is 19.6 Å². The van der Waals surface area contributed by atoms with Crippen molar-refractivity contribution >= 4 is 0 Å². The van der Waals surface area contributed by atoms with Crippen molar-refractivity contribution in [3.05, 3.63) is 0 Å². The molecule has 1 N–H and O–H groups in total. The van der Waals surface area contributed by atoms with Gasteiger partial charge in [-0.15, -0.1) is 0 Å². The van der Waals surface area contributed by atoms with E-state index in [0.717, 1.165) is 12.0 Å². The molecule has 1 aliphatic rings. The minimum absolute atomic E-state index is 0.695. The van der Waals surface area contributed by atoms with Crippen LogP contribution in [0.2, 0.25) is 0 Å². The Labute approximate surface area is 121 Å². The summed E-state index contributed by atoms with van der Waals surface area (Å²) in [7, 11) is 0. The smallest absolute Gasteiger partial charge is 0.0246 e. The maximum Gasteiger partial charge on any atom is 0.0246 e. The normalized spacial score (nSPS) is 18.8. The number of hydrogen-bond acceptors (Lipinski definition) is 2. The van der Waals surface area contributed by atoms with Crippen LogP contribution in [0.1, 0.15) is 72.6 Å². The number of nitrogens with zero attached hydrogens (tertiary/aromatic N) is 1. The first-order valence-electron chi connectivity index (χ1n) is 8.74. The quantitative estimate of drug-likeness (QED) is 0.574. The van der Waals surface area contributed by atoms with Gasteiger partial charge in [-0.2, -0.15) is 0 Å². The molecule has 0 aromatic heterocycles. The van der Waals surface area contributed by atoms with E-state index in [2.05, 4.69) is 37.9 Å². The summed E-state index contributed by atoms with van der Waals surface area (Å²) in [5, 5.41) is 3.81. The van der Waals surface area contributed by atoms with Crippen molar-refractivity contribution < 1.29 is 0 Å². The third-order valence-corrected chi connectivity index (χ3v) is 4.31. The fraction of sp³-hybridized carbons (Fsp3) is 1.00. The van der Waals surface area contributed by atoms with E-state index >= 15 is 0 Å². The predicted octanol–water partition coefficient (Wildman–Crippen LogP) is 4.06. The monoisotopic (exact) mass is 268 g/mol. The molecule has 0 radical (unpaired) electrons. The van der Waals surface area contributed by atoms with E-state index in [9.17, 15) is 0 Å². The summed E-state index contributed by atoms with van der Waals surface area (Å²) in [6, 6.07) is 1.44. The lowest BCUT2D eigenvalue weighted by Crippen LogP contribution is -2.51. The van der Waals surface area contributed by atoms with Gasteiger partial charge in [-0.3, -0.25) is 4.90 Å². The van der Waals surface area contributed by atoms with Crippen LogP contribution in [0.15, 0.2) is 0 Å². The molecule has 0 aromatic rings. The highest BCUT2D eigenvalue weighted by atomic mass is 15.2. The molecule has 2 nitrogen and oxygen atoms in total. The molecule has 0 heterocycles. The zero-order valence-electron chi connectivity index (χ0n) is 13.8. The van der Waals surface area contributed by atoms with Gasteiger partial charge in [-0.25, -0.2) is 0 Å². The van der Waals surface area contributed by atoms with Crippen molar-refractivity contribution in [1.82, 2.24) is 10.2 Å². The zero-order chi connectivity index (χ0) is 14.1. The molecule has 2 heteroatoms. The average molecular weight is 268 g/mol. The minimum Gasteiger partial charge on any atom is -0.312 e. The fourth-order valence-corrected chi connectivity index (χ4v) is 3.18. The Bertz CT molecular complexity index is 213. The molecular formula is C17H36N2. The summed E-state index contributed by atoms with van der Waals surface area (Å²) < 4.78 is 0. The van der Waals surface area contributed by atoms with E-state index in [1.54, 1.807) is 0 Å². The second kappa shape index (κ2) is 9.77. The molecule has 0 saturated heterocycles. The van der Waals surface area contributed by atoms with Crippen molar-refractivity contribution in [3.8, 4) is 0 Å². The molecule has 1 aliphatic carbocycles. The van der Waals surface area contributed by atoms with Crippen LogP contribution in [0.3, 0.4) is 0 Å². The van der Waals surface area contributed by atoms with Gasteiger partial charge >= 0.3 is 0 Å². The molecule has 1 rings (SSSR count). The minimum atomic E-state index is 0.695. The van der Waals surface area contributed by atoms with Crippen molar-refractivity contribution in [1.29, 1.82) is 0 Å². The summed E-state index contributed by atoms with van der Waals surface area (Å²) in [4.78, 5) is 2.79. The maximum absolute atomic E-state index is 3.81. The van der Waals surface area contributed by atoms with Gasteiger partial charge in [0.25, 0.3) is 0 Å². The van der Waals surface area contributed by atoms with Crippen LogP contribution in [0, 0.1) is 5.92 Å². The van der Waals surface area contributed by atoms with Crippen LogP contribution in [0.4, 0.5) is 0 Å². The van der Waals surface area contributed by atoms with E-state index in [1.807, 2.05) is 0 Å². The summed E-state index contributed by atoms with van der Waals surface area (Å²) in [6.45, 7) is 13.1. The van der Waals surface area contributed by atoms with Crippen molar-refractivity contribution in [3.63, 3.8) is 0 Å². The highest BCUT2D eigenvalue weighted by molar-refractivity contribution is 4.87. The van der Waals surface area contributed by atoms with Crippen LogP contribution in [-0.2, 0) is 0 Å². The molecule has 2 unspecified atom stereocenters. The molecule has 1 saturated carbocycles. The lowest BCUT2D eigenvalue weighted by molar-refractivity contribution is 0.140. The third kappa shape index (κ3) is 6.27. The van der Waals surface area contributed by atoms with Gasteiger partial charge in [0, 0.05) is 18.6 Å². The first-order valence-corrected chi connectivity index (χ1v) is 8.74. The standard InChI is InChI=1S/C17H36N2/c1-5-9-16(18-12-6-2)17(8-4)19(13-7-3)14-15-10-11-15/h15-18H,5-14H2,1-4H3. The molecule has 0 bridgehead atoms. The Hall–Kier alpha value is -0.0800. The topological polar surface area (TPSA) is 15.3 Å². The van der Waals surface area contributed by atoms with Gasteiger partial charge in [0.05, 0.1) is 0 Å². The molecule has 19 heavy (non-hydrogen) atoms. The Balaban J connectivity index is 2.59. The van der Waals surface area contributed by atoms with Crippen LogP contribution in [-0.4, -0.2) is 36.6 Å². The zero-order valence-corrected chi connectivity index (χ0v) is 13.8. The molecule has 0 aliphatic heterocycles. The number of hydrogen-bond donors (Lipinski definition) is 1. The Kier molecular flexibility index (Phi) is 8.72. The lowest BCUT2D eigenvalue weighted by atomic mass is 9.98. The number of nitrogens with one attached hydrogen (secondary N) is 1. The molecular weight excluding hydrogens is 232 g/mol. The SMILES string of the molecule is CCCNC(CCC)C(CC)N(CCC)CC1CC1. The van der Waals surface area contributed by atoms with E-state index in [-0.39, 0.29) is 0 Å². The van der Waals surface area contributed by atoms with Crippen LogP contribution >= 0.6 is 0 Å². The molecule has 0 amide bonds. The molecule has 2 atom stereocenters. The average Bonchev–Trinajstić information content (AvgIpc) is 3.21. The summed E-state index contributed by atoms with van der Waals surface area (Å²) >= 11 is 0. The van der Waals surface area contributed by atoms with Gasteiger partial charge in [-0.05, 0) is 57.5 Å². The second-order valence-corrected chi connectivity index (χ2v) is 6.26. The fourth-order valence-electron chi connectivity index (χ4n) is 3.18. The maximum atomic E-state index is 3.81. The van der Waals surface area contributed by atoms with Gasteiger partial charge < -0.3 is 5.32 Å². The highest BCUT2D eigenvalue weighted by Crippen LogP contribution is 2.31. The number of rotatable bonds is 12. The van der Waals surface area contributed by atoms with Crippen molar-refractivity contribution in [2.24, 2.45) is 5.92 Å². The Morgan fingerprint density at radius 1 is 1.05 bits per heavy atom. The predicted molar refractivity (Wildman–Crippen MR) is 85.7 cm³/mol. The molecule has 0 spiro atoms. The lowest BCUT2D eigenvalue weighted by Gasteiger charge is -2.37.